The second-order valence-electron chi connectivity index (χ2n) is 3.95. The van der Waals surface area contributed by atoms with Crippen molar-refractivity contribution < 1.29 is 17.6 Å². The summed E-state index contributed by atoms with van der Waals surface area (Å²) in [4.78, 5) is 3.80. The summed E-state index contributed by atoms with van der Waals surface area (Å²) in [6, 6.07) is 10.1. The number of nitrogens with zero attached hydrogens (tertiary/aromatic N) is 1. The number of benzene rings is 1. The molecule has 3 rings (SSSR count). The number of alkyl halides is 3. The third kappa shape index (κ3) is 1.97. The van der Waals surface area contributed by atoms with Crippen LogP contribution in [-0.4, -0.2) is 4.98 Å². The summed E-state index contributed by atoms with van der Waals surface area (Å²) < 4.78 is 44.0. The standard InChI is InChI=1S/C14H7F3NO/c15-14(16,17)11-4-1-3-10-9(6-7-18-13(10)11)12-5-2-8-19-12/h1-5,7-8H. The molecule has 2 nitrogen and oxygen atoms in total. The van der Waals surface area contributed by atoms with E-state index >= 15 is 0 Å². The smallest absolute Gasteiger partial charge is 0.418 e. The van der Waals surface area contributed by atoms with Gasteiger partial charge < -0.3 is 4.42 Å². The molecule has 5 heteroatoms. The van der Waals surface area contributed by atoms with Crippen molar-refractivity contribution in [1.29, 1.82) is 0 Å². The third-order valence-electron chi connectivity index (χ3n) is 2.78. The van der Waals surface area contributed by atoms with E-state index in [0.717, 1.165) is 6.07 Å². The molecule has 0 aliphatic heterocycles. The fourth-order valence-corrected chi connectivity index (χ4v) is 1.98. The van der Waals surface area contributed by atoms with Gasteiger partial charge in [0.25, 0.3) is 0 Å². The number of hydrogen-bond donors (Lipinski definition) is 0. The molecule has 0 aliphatic rings. The molecule has 19 heavy (non-hydrogen) atoms. The molecular formula is C14H7F3NO. The summed E-state index contributed by atoms with van der Waals surface area (Å²) in [5.74, 6) is 0.465. The van der Waals surface area contributed by atoms with Crippen LogP contribution in [0, 0.1) is 6.07 Å². The molecule has 0 N–H and O–H groups in total. The Labute approximate surface area is 106 Å². The molecule has 0 saturated heterocycles. The number of pyridine rings is 1. The number of aromatic nitrogens is 1. The number of para-hydroxylation sites is 1. The normalized spacial score (nSPS) is 11.9. The molecule has 0 bridgehead atoms. The summed E-state index contributed by atoms with van der Waals surface area (Å²) >= 11 is 0. The molecule has 0 aliphatic carbocycles. The predicted molar refractivity (Wildman–Crippen MR) is 63.3 cm³/mol. The van der Waals surface area contributed by atoms with Gasteiger partial charge in [0.1, 0.15) is 5.76 Å². The number of fused-ring (bicyclic) bond motifs is 1. The quantitative estimate of drug-likeness (QED) is 0.653. The van der Waals surface area contributed by atoms with Gasteiger partial charge in [-0.25, -0.2) is 0 Å². The molecule has 0 saturated carbocycles. The Morgan fingerprint density at radius 3 is 2.63 bits per heavy atom. The molecule has 0 atom stereocenters. The average Bonchev–Trinajstić information content (AvgIpc) is 2.90. The lowest BCUT2D eigenvalue weighted by molar-refractivity contribution is -0.136. The van der Waals surface area contributed by atoms with Crippen LogP contribution in [-0.2, 0) is 6.18 Å². The van der Waals surface area contributed by atoms with Crippen molar-refractivity contribution in [1.82, 2.24) is 4.98 Å². The van der Waals surface area contributed by atoms with E-state index in [1.54, 1.807) is 18.2 Å². The van der Waals surface area contributed by atoms with Gasteiger partial charge in [-0.05, 0) is 18.2 Å². The number of halogens is 3. The molecule has 1 aromatic carbocycles. The van der Waals surface area contributed by atoms with Gasteiger partial charge >= 0.3 is 6.18 Å². The first-order valence-electron chi connectivity index (χ1n) is 5.48. The average molecular weight is 262 g/mol. The predicted octanol–water partition coefficient (Wildman–Crippen LogP) is 4.31. The highest BCUT2D eigenvalue weighted by molar-refractivity contribution is 5.94. The first kappa shape index (κ1) is 11.8. The minimum absolute atomic E-state index is 0.0971. The molecule has 95 valence electrons. The van der Waals surface area contributed by atoms with Crippen LogP contribution in [0.3, 0.4) is 0 Å². The fourth-order valence-electron chi connectivity index (χ4n) is 1.98. The molecule has 0 amide bonds. The Morgan fingerprint density at radius 1 is 1.11 bits per heavy atom. The maximum atomic E-state index is 12.9. The summed E-state index contributed by atoms with van der Waals surface area (Å²) in [7, 11) is 0. The van der Waals surface area contributed by atoms with Gasteiger partial charge in [-0.1, -0.05) is 12.1 Å². The SMILES string of the molecule is FC(F)(F)c1cccc2c(-c3ccco3)[c]cnc12. The second-order valence-corrected chi connectivity index (χ2v) is 3.95. The largest absolute Gasteiger partial charge is 0.464 e. The molecule has 0 spiro atoms. The Morgan fingerprint density at radius 2 is 1.95 bits per heavy atom. The monoisotopic (exact) mass is 262 g/mol. The molecule has 3 aromatic rings. The van der Waals surface area contributed by atoms with Crippen LogP contribution in [0.25, 0.3) is 22.2 Å². The van der Waals surface area contributed by atoms with Gasteiger partial charge in [0.05, 0.1) is 17.3 Å². The van der Waals surface area contributed by atoms with Crippen LogP contribution >= 0.6 is 0 Å². The van der Waals surface area contributed by atoms with Gasteiger partial charge in [-0.3, -0.25) is 4.98 Å². The van der Waals surface area contributed by atoms with Crippen LogP contribution in [0.5, 0.6) is 0 Å². The Kier molecular flexibility index (Phi) is 2.55. The Bertz CT molecular complexity index is 717. The minimum atomic E-state index is -4.44. The molecule has 0 fully saturated rings. The lowest BCUT2D eigenvalue weighted by atomic mass is 10.0. The molecule has 1 radical (unpaired) electrons. The van der Waals surface area contributed by atoms with E-state index in [1.807, 2.05) is 0 Å². The summed E-state index contributed by atoms with van der Waals surface area (Å²) in [5, 5.41) is 0.368. The van der Waals surface area contributed by atoms with E-state index in [-0.39, 0.29) is 5.52 Å². The maximum Gasteiger partial charge on any atom is 0.418 e. The number of furan rings is 1. The van der Waals surface area contributed by atoms with Crippen molar-refractivity contribution in [3.05, 3.63) is 54.4 Å². The minimum Gasteiger partial charge on any atom is -0.464 e. The van der Waals surface area contributed by atoms with Gasteiger partial charge in [0, 0.05) is 23.2 Å². The zero-order valence-corrected chi connectivity index (χ0v) is 9.53. The van der Waals surface area contributed by atoms with Crippen molar-refractivity contribution in [3.63, 3.8) is 0 Å². The molecule has 2 heterocycles. The summed E-state index contributed by atoms with van der Waals surface area (Å²) in [6.45, 7) is 0. The van der Waals surface area contributed by atoms with Gasteiger partial charge in [-0.2, -0.15) is 13.2 Å². The van der Waals surface area contributed by atoms with Gasteiger partial charge in [0.2, 0.25) is 0 Å². The van der Waals surface area contributed by atoms with Gasteiger partial charge in [-0.15, -0.1) is 0 Å². The van der Waals surface area contributed by atoms with E-state index in [2.05, 4.69) is 11.1 Å². The van der Waals surface area contributed by atoms with E-state index in [0.29, 0.717) is 16.7 Å². The van der Waals surface area contributed by atoms with E-state index in [9.17, 15) is 13.2 Å². The highest BCUT2D eigenvalue weighted by Gasteiger charge is 2.33. The highest BCUT2D eigenvalue weighted by Crippen LogP contribution is 2.36. The van der Waals surface area contributed by atoms with E-state index in [1.165, 1.54) is 18.5 Å². The van der Waals surface area contributed by atoms with Crippen LogP contribution < -0.4 is 0 Å². The van der Waals surface area contributed by atoms with Crippen LogP contribution in [0.2, 0.25) is 0 Å². The van der Waals surface area contributed by atoms with Crippen LogP contribution in [0.15, 0.2) is 47.2 Å². The molecule has 0 unspecified atom stereocenters. The van der Waals surface area contributed by atoms with Gasteiger partial charge in [0.15, 0.2) is 0 Å². The number of rotatable bonds is 1. The van der Waals surface area contributed by atoms with Crippen LogP contribution in [0.4, 0.5) is 13.2 Å². The van der Waals surface area contributed by atoms with Crippen molar-refractivity contribution in [2.45, 2.75) is 6.18 Å². The lowest BCUT2D eigenvalue weighted by Crippen LogP contribution is -2.06. The third-order valence-corrected chi connectivity index (χ3v) is 2.78. The lowest BCUT2D eigenvalue weighted by Gasteiger charge is -2.10. The van der Waals surface area contributed by atoms with E-state index in [4.69, 9.17) is 4.42 Å². The Balaban J connectivity index is 2.34. The summed E-state index contributed by atoms with van der Waals surface area (Å²) in [5.41, 5.74) is -0.381. The molecule has 2 aromatic heterocycles. The topological polar surface area (TPSA) is 26.0 Å². The summed E-state index contributed by atoms with van der Waals surface area (Å²) in [6.07, 6.45) is -1.74. The first-order valence-corrected chi connectivity index (χ1v) is 5.48. The zero-order valence-electron chi connectivity index (χ0n) is 9.53. The first-order chi connectivity index (χ1) is 9.07. The fraction of sp³-hybridized carbons (Fsp3) is 0.0714. The van der Waals surface area contributed by atoms with Crippen molar-refractivity contribution in [2.75, 3.05) is 0 Å². The van der Waals surface area contributed by atoms with Crippen LogP contribution in [0.1, 0.15) is 5.56 Å². The van der Waals surface area contributed by atoms with Crippen molar-refractivity contribution >= 4 is 10.9 Å². The Hall–Kier alpha value is -2.30. The highest BCUT2D eigenvalue weighted by atomic mass is 19.4. The second kappa shape index (κ2) is 4.12. The van der Waals surface area contributed by atoms with E-state index < -0.39 is 11.7 Å². The maximum absolute atomic E-state index is 12.9. The van der Waals surface area contributed by atoms with Crippen molar-refractivity contribution in [2.24, 2.45) is 0 Å². The molecular weight excluding hydrogens is 255 g/mol. The number of hydrogen-bond acceptors (Lipinski definition) is 2. The zero-order chi connectivity index (χ0) is 13.5. The van der Waals surface area contributed by atoms with Crippen molar-refractivity contribution in [3.8, 4) is 11.3 Å².